The molecule has 2 aromatic carbocycles. The van der Waals surface area contributed by atoms with Gasteiger partial charge >= 0.3 is 5.97 Å². The van der Waals surface area contributed by atoms with Crippen LogP contribution in [0, 0.1) is 0 Å². The summed E-state index contributed by atoms with van der Waals surface area (Å²) in [7, 11) is -3.82. The molecule has 0 fully saturated rings. The zero-order valence-corrected chi connectivity index (χ0v) is 17.3. The van der Waals surface area contributed by atoms with Gasteiger partial charge in [0.15, 0.2) is 0 Å². The minimum Gasteiger partial charge on any atom is -0.494 e. The second-order valence-corrected chi connectivity index (χ2v) is 7.99. The maximum Gasteiger partial charge on any atom is 0.325 e. The first-order chi connectivity index (χ1) is 13.7. The summed E-state index contributed by atoms with van der Waals surface area (Å²) in [6.45, 7) is 5.53. The van der Waals surface area contributed by atoms with Crippen molar-refractivity contribution in [2.45, 2.75) is 31.8 Å². The molecule has 8 nitrogen and oxygen atoms in total. The molecule has 0 bridgehead atoms. The fourth-order valence-electron chi connectivity index (χ4n) is 2.34. The minimum absolute atomic E-state index is 0.00199. The van der Waals surface area contributed by atoms with Crippen molar-refractivity contribution in [1.82, 2.24) is 5.32 Å². The van der Waals surface area contributed by atoms with E-state index in [-0.39, 0.29) is 23.1 Å². The Morgan fingerprint density at radius 1 is 1.00 bits per heavy atom. The number of esters is 1. The van der Waals surface area contributed by atoms with Crippen LogP contribution in [0.1, 0.15) is 31.1 Å². The van der Waals surface area contributed by atoms with Crippen LogP contribution in [0.25, 0.3) is 0 Å². The molecule has 29 heavy (non-hydrogen) atoms. The molecular weight excluding hydrogens is 396 g/mol. The Labute approximate surface area is 170 Å². The van der Waals surface area contributed by atoms with E-state index in [0.29, 0.717) is 18.0 Å². The summed E-state index contributed by atoms with van der Waals surface area (Å²) in [5.74, 6) is -0.413. The highest BCUT2D eigenvalue weighted by atomic mass is 32.2. The van der Waals surface area contributed by atoms with Crippen LogP contribution < -0.4 is 14.8 Å². The number of rotatable bonds is 9. The molecule has 9 heteroatoms. The summed E-state index contributed by atoms with van der Waals surface area (Å²) in [4.78, 5) is 23.6. The zero-order valence-electron chi connectivity index (χ0n) is 16.5. The Bertz CT molecular complexity index is 938. The van der Waals surface area contributed by atoms with Crippen LogP contribution in [0.3, 0.4) is 0 Å². The Kier molecular flexibility index (Phi) is 7.60. The minimum atomic E-state index is -3.82. The third kappa shape index (κ3) is 6.79. The number of carbonyl (C=O) groups is 2. The number of amides is 1. The summed E-state index contributed by atoms with van der Waals surface area (Å²) < 4.78 is 37.7. The highest BCUT2D eigenvalue weighted by Gasteiger charge is 2.16. The molecule has 0 unspecified atom stereocenters. The molecule has 0 aliphatic heterocycles. The topological polar surface area (TPSA) is 111 Å². The van der Waals surface area contributed by atoms with E-state index in [2.05, 4.69) is 10.0 Å². The summed E-state index contributed by atoms with van der Waals surface area (Å²) in [5, 5.41) is 2.43. The monoisotopic (exact) mass is 420 g/mol. The van der Waals surface area contributed by atoms with Crippen LogP contribution in [0.5, 0.6) is 5.75 Å². The number of sulfonamides is 1. The fourth-order valence-corrected chi connectivity index (χ4v) is 3.40. The van der Waals surface area contributed by atoms with Crippen molar-refractivity contribution >= 4 is 27.6 Å². The highest BCUT2D eigenvalue weighted by molar-refractivity contribution is 7.92. The molecule has 0 saturated heterocycles. The van der Waals surface area contributed by atoms with Crippen LogP contribution in [0.15, 0.2) is 53.4 Å². The molecule has 0 spiro atoms. The maximum absolute atomic E-state index is 12.5. The van der Waals surface area contributed by atoms with Crippen molar-refractivity contribution in [2.75, 3.05) is 17.9 Å². The van der Waals surface area contributed by atoms with Crippen LogP contribution >= 0.6 is 0 Å². The predicted molar refractivity (Wildman–Crippen MR) is 108 cm³/mol. The number of hydrogen-bond acceptors (Lipinski definition) is 6. The number of ether oxygens (including phenoxy) is 2. The number of carbonyl (C=O) groups excluding carboxylic acids is 2. The largest absolute Gasteiger partial charge is 0.494 e. The second kappa shape index (κ2) is 9.92. The second-order valence-electron chi connectivity index (χ2n) is 6.31. The standard InChI is InChI=1S/C20H24N2O6S/c1-4-27-17-9-7-16(8-10-17)22-29(25,26)18-11-5-15(6-12-18)20(24)21-13-19(23)28-14(2)3/h5-12,14,22H,4,13H2,1-3H3,(H,21,24). The van der Waals surface area contributed by atoms with Gasteiger partial charge in [0.1, 0.15) is 12.3 Å². The van der Waals surface area contributed by atoms with Crippen molar-refractivity contribution in [3.8, 4) is 5.75 Å². The van der Waals surface area contributed by atoms with Crippen molar-refractivity contribution in [3.63, 3.8) is 0 Å². The molecule has 0 aliphatic carbocycles. The molecular formula is C20H24N2O6S. The van der Waals surface area contributed by atoms with Crippen molar-refractivity contribution in [1.29, 1.82) is 0 Å². The van der Waals surface area contributed by atoms with Crippen LogP contribution in [0.2, 0.25) is 0 Å². The first-order valence-electron chi connectivity index (χ1n) is 9.04. The molecule has 156 valence electrons. The summed E-state index contributed by atoms with van der Waals surface area (Å²) >= 11 is 0. The molecule has 0 atom stereocenters. The predicted octanol–water partition coefficient (Wildman–Crippen LogP) is 2.57. The lowest BCUT2D eigenvalue weighted by Crippen LogP contribution is -2.31. The average Bonchev–Trinajstić information content (AvgIpc) is 2.67. The van der Waals surface area contributed by atoms with E-state index in [1.165, 1.54) is 24.3 Å². The Morgan fingerprint density at radius 2 is 1.62 bits per heavy atom. The fraction of sp³-hybridized carbons (Fsp3) is 0.300. The van der Waals surface area contributed by atoms with E-state index in [9.17, 15) is 18.0 Å². The average molecular weight is 420 g/mol. The van der Waals surface area contributed by atoms with Crippen molar-refractivity contribution < 1.29 is 27.5 Å². The summed E-state index contributed by atoms with van der Waals surface area (Å²) in [6.07, 6.45) is -0.272. The molecule has 1 amide bonds. The van der Waals surface area contributed by atoms with Crippen molar-refractivity contribution in [3.05, 3.63) is 54.1 Å². The van der Waals surface area contributed by atoms with E-state index in [1.807, 2.05) is 6.92 Å². The Hall–Kier alpha value is -3.07. The summed E-state index contributed by atoms with van der Waals surface area (Å²) in [5.41, 5.74) is 0.612. The molecule has 0 aliphatic rings. The first kappa shape index (κ1) is 22.2. The van der Waals surface area contributed by atoms with E-state index >= 15 is 0 Å². The van der Waals surface area contributed by atoms with E-state index in [1.54, 1.807) is 38.1 Å². The molecule has 0 heterocycles. The number of anilines is 1. The van der Waals surface area contributed by atoms with E-state index < -0.39 is 21.9 Å². The van der Waals surface area contributed by atoms with Gasteiger partial charge in [-0.2, -0.15) is 0 Å². The molecule has 2 rings (SSSR count). The van der Waals surface area contributed by atoms with Gasteiger partial charge in [0.25, 0.3) is 15.9 Å². The van der Waals surface area contributed by atoms with Gasteiger partial charge in [0, 0.05) is 11.3 Å². The normalized spacial score (nSPS) is 11.0. The Morgan fingerprint density at radius 3 is 2.17 bits per heavy atom. The lowest BCUT2D eigenvalue weighted by molar-refractivity contribution is -0.146. The lowest BCUT2D eigenvalue weighted by Gasteiger charge is -2.10. The number of hydrogen-bond donors (Lipinski definition) is 2. The molecule has 0 saturated carbocycles. The first-order valence-corrected chi connectivity index (χ1v) is 10.5. The number of nitrogens with one attached hydrogen (secondary N) is 2. The molecule has 0 radical (unpaired) electrons. The maximum atomic E-state index is 12.5. The molecule has 2 N–H and O–H groups in total. The van der Waals surface area contributed by atoms with Gasteiger partial charge in [-0.1, -0.05) is 0 Å². The van der Waals surface area contributed by atoms with Crippen LogP contribution in [-0.4, -0.2) is 39.5 Å². The highest BCUT2D eigenvalue weighted by Crippen LogP contribution is 2.20. The van der Waals surface area contributed by atoms with Gasteiger partial charge in [0.05, 0.1) is 17.6 Å². The van der Waals surface area contributed by atoms with Gasteiger partial charge in [-0.3, -0.25) is 14.3 Å². The van der Waals surface area contributed by atoms with Gasteiger partial charge < -0.3 is 14.8 Å². The third-order valence-corrected chi connectivity index (χ3v) is 5.00. The smallest absolute Gasteiger partial charge is 0.325 e. The number of benzene rings is 2. The Balaban J connectivity index is 2.00. The van der Waals surface area contributed by atoms with E-state index in [4.69, 9.17) is 9.47 Å². The van der Waals surface area contributed by atoms with Gasteiger partial charge in [0.2, 0.25) is 0 Å². The zero-order chi connectivity index (χ0) is 21.4. The lowest BCUT2D eigenvalue weighted by atomic mass is 10.2. The van der Waals surface area contributed by atoms with Crippen LogP contribution in [0.4, 0.5) is 5.69 Å². The van der Waals surface area contributed by atoms with Gasteiger partial charge in [-0.15, -0.1) is 0 Å². The van der Waals surface area contributed by atoms with Crippen LogP contribution in [-0.2, 0) is 19.6 Å². The third-order valence-electron chi connectivity index (χ3n) is 3.60. The van der Waals surface area contributed by atoms with Crippen molar-refractivity contribution in [2.24, 2.45) is 0 Å². The van der Waals surface area contributed by atoms with Gasteiger partial charge in [-0.25, -0.2) is 8.42 Å². The van der Waals surface area contributed by atoms with E-state index in [0.717, 1.165) is 0 Å². The molecule has 0 aromatic heterocycles. The SMILES string of the molecule is CCOc1ccc(NS(=O)(=O)c2ccc(C(=O)NCC(=O)OC(C)C)cc2)cc1. The molecule has 2 aromatic rings. The quantitative estimate of drug-likeness (QED) is 0.603. The summed E-state index contributed by atoms with van der Waals surface area (Å²) in [6, 6.07) is 11.9. The van der Waals surface area contributed by atoms with Gasteiger partial charge in [-0.05, 0) is 69.3 Å².